The van der Waals surface area contributed by atoms with Crippen molar-refractivity contribution in [2.24, 2.45) is 12.0 Å². The zero-order valence-electron chi connectivity index (χ0n) is 13.1. The van der Waals surface area contributed by atoms with E-state index in [1.165, 1.54) is 0 Å². The molecule has 0 unspecified atom stereocenters. The van der Waals surface area contributed by atoms with Crippen LogP contribution < -0.4 is 10.6 Å². The van der Waals surface area contributed by atoms with Crippen LogP contribution in [0.3, 0.4) is 0 Å². The number of alkyl halides is 3. The molecule has 0 saturated heterocycles. The molecular formula is C15H20F3N5. The molecule has 5 nitrogen and oxygen atoms in total. The fourth-order valence-corrected chi connectivity index (χ4v) is 2.15. The molecule has 0 spiro atoms. The Hall–Kier alpha value is -2.25. The van der Waals surface area contributed by atoms with Crippen molar-refractivity contribution in [3.8, 4) is 0 Å². The number of nitrogens with one attached hydrogen (secondary N) is 2. The first-order chi connectivity index (χ1) is 10.9. The van der Waals surface area contributed by atoms with Gasteiger partial charge in [0.2, 0.25) is 0 Å². The third-order valence-corrected chi connectivity index (χ3v) is 3.30. The van der Waals surface area contributed by atoms with E-state index >= 15 is 0 Å². The van der Waals surface area contributed by atoms with Crippen LogP contribution in [-0.2, 0) is 13.6 Å². The van der Waals surface area contributed by atoms with E-state index in [9.17, 15) is 13.2 Å². The van der Waals surface area contributed by atoms with Gasteiger partial charge in [-0.25, -0.2) is 9.98 Å². The fraction of sp³-hybridized carbons (Fsp3) is 0.467. The molecule has 0 atom stereocenters. The van der Waals surface area contributed by atoms with E-state index in [2.05, 4.69) is 20.6 Å². The number of aryl methyl sites for hydroxylation is 1. The zero-order valence-corrected chi connectivity index (χ0v) is 13.1. The molecule has 0 saturated carbocycles. The number of aromatic nitrogens is 2. The number of hydrogen-bond donors (Lipinski definition) is 2. The highest BCUT2D eigenvalue weighted by Crippen LogP contribution is 2.18. The molecule has 1 heterocycles. The molecule has 126 valence electrons. The summed E-state index contributed by atoms with van der Waals surface area (Å²) in [6.07, 6.45) is -5.08. The largest absolute Gasteiger partial charge is 0.390 e. The third-order valence-electron chi connectivity index (χ3n) is 3.30. The maximum Gasteiger partial charge on any atom is 0.390 e. The molecule has 2 aromatic rings. The van der Waals surface area contributed by atoms with E-state index in [0.29, 0.717) is 12.5 Å². The number of fused-ring (bicyclic) bond motifs is 1. The molecule has 8 heteroatoms. The molecule has 0 aliphatic carbocycles. The smallest absolute Gasteiger partial charge is 0.357 e. The van der Waals surface area contributed by atoms with E-state index in [1.54, 1.807) is 0 Å². The second kappa shape index (κ2) is 7.34. The first-order valence-corrected chi connectivity index (χ1v) is 7.40. The minimum absolute atomic E-state index is 0.210. The Balaban J connectivity index is 2.05. The van der Waals surface area contributed by atoms with Crippen LogP contribution in [0.25, 0.3) is 11.0 Å². The first-order valence-electron chi connectivity index (χ1n) is 7.40. The Kier molecular flexibility index (Phi) is 5.46. The summed E-state index contributed by atoms with van der Waals surface area (Å²) in [6.45, 7) is 2.50. The van der Waals surface area contributed by atoms with Gasteiger partial charge in [-0.1, -0.05) is 12.1 Å². The minimum Gasteiger partial charge on any atom is -0.357 e. The van der Waals surface area contributed by atoms with Crippen molar-refractivity contribution in [1.82, 2.24) is 20.2 Å². The average molecular weight is 327 g/mol. The highest BCUT2D eigenvalue weighted by atomic mass is 19.4. The summed E-state index contributed by atoms with van der Waals surface area (Å²) in [7, 11) is 1.89. The zero-order chi connectivity index (χ0) is 16.9. The van der Waals surface area contributed by atoms with Gasteiger partial charge in [0.05, 0.1) is 17.5 Å². The van der Waals surface area contributed by atoms with Crippen molar-refractivity contribution in [1.29, 1.82) is 0 Å². The van der Waals surface area contributed by atoms with Gasteiger partial charge in [0.25, 0.3) is 0 Å². The lowest BCUT2D eigenvalue weighted by Crippen LogP contribution is -2.39. The number of halogens is 3. The maximum atomic E-state index is 12.2. The maximum absolute atomic E-state index is 12.2. The lowest BCUT2D eigenvalue weighted by atomic mass is 10.3. The molecule has 0 aliphatic rings. The summed E-state index contributed by atoms with van der Waals surface area (Å²) in [4.78, 5) is 8.79. The standard InChI is InChI=1S/C15H20F3N5/c1-3-19-14(20-9-8-15(16,17)18)21-10-13-22-11-6-4-5-7-12(11)23(13)2/h4-7H,3,8-10H2,1-2H3,(H2,19,20,21). The number of rotatable bonds is 5. The number of hydrogen-bond acceptors (Lipinski definition) is 2. The summed E-state index contributed by atoms with van der Waals surface area (Å²) in [5, 5.41) is 5.61. The monoisotopic (exact) mass is 327 g/mol. The van der Waals surface area contributed by atoms with Gasteiger partial charge in [-0.05, 0) is 19.1 Å². The molecule has 0 radical (unpaired) electrons. The summed E-state index contributed by atoms with van der Waals surface area (Å²) in [6, 6.07) is 7.71. The van der Waals surface area contributed by atoms with Crippen LogP contribution in [-0.4, -0.2) is 34.8 Å². The van der Waals surface area contributed by atoms with Crippen molar-refractivity contribution >= 4 is 17.0 Å². The summed E-state index contributed by atoms with van der Waals surface area (Å²) >= 11 is 0. The number of nitrogens with zero attached hydrogens (tertiary/aromatic N) is 3. The van der Waals surface area contributed by atoms with Crippen LogP contribution >= 0.6 is 0 Å². The van der Waals surface area contributed by atoms with E-state index in [4.69, 9.17) is 0 Å². The summed E-state index contributed by atoms with van der Waals surface area (Å²) in [5.74, 6) is 1.10. The van der Waals surface area contributed by atoms with Crippen LogP contribution in [0, 0.1) is 0 Å². The van der Waals surface area contributed by atoms with Crippen LogP contribution in [0.15, 0.2) is 29.3 Å². The fourth-order valence-electron chi connectivity index (χ4n) is 2.15. The van der Waals surface area contributed by atoms with Crippen molar-refractivity contribution < 1.29 is 13.2 Å². The van der Waals surface area contributed by atoms with Gasteiger partial charge in [0.1, 0.15) is 12.4 Å². The SMILES string of the molecule is CCNC(=NCc1nc2ccccc2n1C)NCCC(F)(F)F. The van der Waals surface area contributed by atoms with Crippen LogP contribution in [0.4, 0.5) is 13.2 Å². The molecule has 0 bridgehead atoms. The van der Waals surface area contributed by atoms with Gasteiger partial charge in [0, 0.05) is 20.1 Å². The Bertz CT molecular complexity index is 675. The number of benzene rings is 1. The second-order valence-corrected chi connectivity index (χ2v) is 5.06. The molecule has 1 aromatic carbocycles. The molecule has 23 heavy (non-hydrogen) atoms. The topological polar surface area (TPSA) is 54.2 Å². The van der Waals surface area contributed by atoms with Crippen LogP contribution in [0.1, 0.15) is 19.2 Å². The van der Waals surface area contributed by atoms with Gasteiger partial charge >= 0.3 is 6.18 Å². The van der Waals surface area contributed by atoms with Crippen LogP contribution in [0.5, 0.6) is 0 Å². The normalized spacial score (nSPS) is 12.7. The molecule has 0 fully saturated rings. The highest BCUT2D eigenvalue weighted by molar-refractivity contribution is 5.80. The van der Waals surface area contributed by atoms with Crippen LogP contribution in [0.2, 0.25) is 0 Å². The van der Waals surface area contributed by atoms with Crippen molar-refractivity contribution in [3.05, 3.63) is 30.1 Å². The highest BCUT2D eigenvalue weighted by Gasteiger charge is 2.26. The Morgan fingerprint density at radius 1 is 1.26 bits per heavy atom. The average Bonchev–Trinajstić information content (AvgIpc) is 2.80. The van der Waals surface area contributed by atoms with Gasteiger partial charge in [0.15, 0.2) is 5.96 Å². The van der Waals surface area contributed by atoms with Gasteiger partial charge in [-0.2, -0.15) is 13.2 Å². The van der Waals surface area contributed by atoms with Crippen molar-refractivity contribution in [2.75, 3.05) is 13.1 Å². The van der Waals surface area contributed by atoms with E-state index in [1.807, 2.05) is 42.8 Å². The van der Waals surface area contributed by atoms with Gasteiger partial charge < -0.3 is 15.2 Å². The molecule has 2 N–H and O–H groups in total. The second-order valence-electron chi connectivity index (χ2n) is 5.06. The molecule has 0 aliphatic heterocycles. The first kappa shape index (κ1) is 17.1. The Morgan fingerprint density at radius 2 is 2.00 bits per heavy atom. The number of guanidine groups is 1. The van der Waals surface area contributed by atoms with E-state index in [0.717, 1.165) is 16.9 Å². The predicted molar refractivity (Wildman–Crippen MR) is 84.2 cm³/mol. The minimum atomic E-state index is -4.18. The lowest BCUT2D eigenvalue weighted by molar-refractivity contribution is -0.132. The van der Waals surface area contributed by atoms with Gasteiger partial charge in [-0.3, -0.25) is 0 Å². The molecule has 1 aromatic heterocycles. The van der Waals surface area contributed by atoms with E-state index in [-0.39, 0.29) is 13.1 Å². The van der Waals surface area contributed by atoms with E-state index < -0.39 is 12.6 Å². The summed E-state index contributed by atoms with van der Waals surface area (Å²) in [5.41, 5.74) is 1.86. The quantitative estimate of drug-likeness (QED) is 0.655. The molecular weight excluding hydrogens is 307 g/mol. The predicted octanol–water partition coefficient (Wildman–Crippen LogP) is 2.58. The van der Waals surface area contributed by atoms with Crippen molar-refractivity contribution in [3.63, 3.8) is 0 Å². The number of imidazole rings is 1. The number of aliphatic imine (C=N–C) groups is 1. The third kappa shape index (κ3) is 4.87. The van der Waals surface area contributed by atoms with Gasteiger partial charge in [-0.15, -0.1) is 0 Å². The molecule has 0 amide bonds. The lowest BCUT2D eigenvalue weighted by Gasteiger charge is -2.12. The molecule has 2 rings (SSSR count). The Labute approximate surface area is 132 Å². The van der Waals surface area contributed by atoms with Crippen molar-refractivity contribution in [2.45, 2.75) is 26.1 Å². The number of para-hydroxylation sites is 2. The Morgan fingerprint density at radius 3 is 2.65 bits per heavy atom. The summed E-state index contributed by atoms with van der Waals surface area (Å²) < 4.78 is 38.5.